The van der Waals surface area contributed by atoms with Crippen LogP contribution in [-0.2, 0) is 11.3 Å². The number of pyridine rings is 1. The summed E-state index contributed by atoms with van der Waals surface area (Å²) in [5.74, 6) is 0.610. The molecule has 38 heavy (non-hydrogen) atoms. The van der Waals surface area contributed by atoms with Crippen LogP contribution in [0.2, 0.25) is 0 Å². The average Bonchev–Trinajstić information content (AvgIpc) is 2.96. The van der Waals surface area contributed by atoms with Crippen molar-refractivity contribution < 1.29 is 14.3 Å². The van der Waals surface area contributed by atoms with E-state index in [9.17, 15) is 9.59 Å². The van der Waals surface area contributed by atoms with Gasteiger partial charge in [0.25, 0.3) is 5.91 Å². The quantitative estimate of drug-likeness (QED) is 0.391. The normalized spacial score (nSPS) is 13.7. The van der Waals surface area contributed by atoms with Crippen LogP contribution in [0.25, 0.3) is 0 Å². The van der Waals surface area contributed by atoms with Crippen LogP contribution in [0.5, 0.6) is 5.75 Å². The van der Waals surface area contributed by atoms with E-state index in [4.69, 9.17) is 16.3 Å². The molecule has 0 radical (unpaired) electrons. The van der Waals surface area contributed by atoms with Crippen LogP contribution in [0.1, 0.15) is 29.8 Å². The lowest BCUT2D eigenvalue weighted by Gasteiger charge is -2.38. The van der Waals surface area contributed by atoms with Crippen molar-refractivity contribution in [1.82, 2.24) is 10.3 Å². The summed E-state index contributed by atoms with van der Waals surface area (Å²) >= 11 is 5.99. The number of aromatic nitrogens is 1. The second kappa shape index (κ2) is 12.2. The van der Waals surface area contributed by atoms with Crippen molar-refractivity contribution in [1.29, 1.82) is 0 Å². The molecule has 0 spiro atoms. The number of nitrogens with zero attached hydrogens (tertiary/aromatic N) is 3. The molecule has 0 atom stereocenters. The number of rotatable bonds is 9. The van der Waals surface area contributed by atoms with Gasteiger partial charge in [-0.2, -0.15) is 0 Å². The number of anilines is 3. The van der Waals surface area contributed by atoms with Gasteiger partial charge in [-0.3, -0.25) is 14.6 Å². The van der Waals surface area contributed by atoms with Crippen LogP contribution in [0.15, 0.2) is 67.0 Å². The predicted octanol–water partition coefficient (Wildman–Crippen LogP) is 4.55. The lowest BCUT2D eigenvalue weighted by Crippen LogP contribution is -2.47. The maximum atomic E-state index is 13.4. The Morgan fingerprint density at radius 3 is 2.37 bits per heavy atom. The number of alkyl halides is 1. The van der Waals surface area contributed by atoms with Crippen LogP contribution >= 0.6 is 11.6 Å². The summed E-state index contributed by atoms with van der Waals surface area (Å²) in [7, 11) is 1.68. The largest absolute Gasteiger partial charge is 0.495 e. The number of piperazine rings is 1. The van der Waals surface area contributed by atoms with E-state index in [1.165, 1.54) is 0 Å². The lowest BCUT2D eigenvalue weighted by molar-refractivity contribution is -0.122. The molecule has 2 heterocycles. The van der Waals surface area contributed by atoms with Gasteiger partial charge in [-0.05, 0) is 55.8 Å². The molecule has 1 aliphatic rings. The minimum Gasteiger partial charge on any atom is -0.495 e. The van der Waals surface area contributed by atoms with E-state index in [0.717, 1.165) is 48.9 Å². The van der Waals surface area contributed by atoms with Crippen molar-refractivity contribution in [2.24, 2.45) is 5.41 Å². The molecule has 2 N–H and O–H groups in total. The number of methoxy groups -OCH3 is 1. The fraction of sp³-hybridized carbons (Fsp3) is 0.345. The smallest absolute Gasteiger partial charge is 0.253 e. The highest BCUT2D eigenvalue weighted by Crippen LogP contribution is 2.31. The third-order valence-electron chi connectivity index (χ3n) is 6.67. The number of nitrogens with one attached hydrogen (secondary N) is 2. The van der Waals surface area contributed by atoms with Crippen LogP contribution in [-0.4, -0.2) is 56.0 Å². The van der Waals surface area contributed by atoms with E-state index in [1.807, 2.05) is 42.5 Å². The molecule has 4 rings (SSSR count). The van der Waals surface area contributed by atoms with E-state index < -0.39 is 5.41 Å². The monoisotopic (exact) mass is 535 g/mol. The summed E-state index contributed by atoms with van der Waals surface area (Å²) in [4.78, 5) is 34.8. The average molecular weight is 536 g/mol. The summed E-state index contributed by atoms with van der Waals surface area (Å²) in [5.41, 5.74) is 3.10. The number of hydrogen-bond acceptors (Lipinski definition) is 6. The van der Waals surface area contributed by atoms with E-state index in [-0.39, 0.29) is 17.7 Å². The Hall–Kier alpha value is -3.78. The van der Waals surface area contributed by atoms with Gasteiger partial charge in [0.05, 0.1) is 23.8 Å². The van der Waals surface area contributed by atoms with Gasteiger partial charge in [0.15, 0.2) is 0 Å². The minimum absolute atomic E-state index is 0.186. The van der Waals surface area contributed by atoms with Gasteiger partial charge in [0.2, 0.25) is 5.91 Å². The van der Waals surface area contributed by atoms with Crippen molar-refractivity contribution in [3.63, 3.8) is 0 Å². The highest BCUT2D eigenvalue weighted by atomic mass is 35.5. The van der Waals surface area contributed by atoms with Gasteiger partial charge in [0, 0.05) is 62.4 Å². The highest BCUT2D eigenvalue weighted by Gasteiger charge is 2.28. The van der Waals surface area contributed by atoms with Crippen LogP contribution in [0, 0.1) is 5.41 Å². The first-order chi connectivity index (χ1) is 18.3. The molecular formula is C29H34ClN5O3. The van der Waals surface area contributed by atoms with Crippen molar-refractivity contribution >= 4 is 40.5 Å². The number of benzene rings is 2. The predicted molar refractivity (Wildman–Crippen MR) is 152 cm³/mol. The zero-order valence-electron chi connectivity index (χ0n) is 22.0. The lowest BCUT2D eigenvalue weighted by atomic mass is 9.95. The Bertz CT molecular complexity index is 1260. The fourth-order valence-electron chi connectivity index (χ4n) is 4.29. The molecule has 3 aromatic rings. The van der Waals surface area contributed by atoms with E-state index in [2.05, 4.69) is 31.5 Å². The number of halogens is 1. The Morgan fingerprint density at radius 2 is 1.71 bits per heavy atom. The summed E-state index contributed by atoms with van der Waals surface area (Å²) in [6, 6.07) is 17.2. The number of carbonyl (C=O) groups excluding carboxylic acids is 2. The van der Waals surface area contributed by atoms with Crippen molar-refractivity contribution in [2.45, 2.75) is 20.4 Å². The van der Waals surface area contributed by atoms with Gasteiger partial charge < -0.3 is 25.2 Å². The molecule has 1 saturated heterocycles. The van der Waals surface area contributed by atoms with Gasteiger partial charge in [-0.25, -0.2) is 0 Å². The van der Waals surface area contributed by atoms with Crippen LogP contribution in [0.4, 0.5) is 17.1 Å². The number of para-hydroxylation sites is 2. The topological polar surface area (TPSA) is 86.8 Å². The molecule has 0 unspecified atom stereocenters. The van der Waals surface area contributed by atoms with Gasteiger partial charge in [-0.15, -0.1) is 11.6 Å². The molecule has 0 saturated carbocycles. The number of ether oxygens (including phenoxy) is 1. The first kappa shape index (κ1) is 27.3. The SMILES string of the molecule is COc1ccccc1N1CCN(c2ccc(NC(=O)C(C)(C)CCl)cc2C(=O)NCc2cccnc2)CC1. The molecule has 9 heteroatoms. The third kappa shape index (κ3) is 6.37. The van der Waals surface area contributed by atoms with E-state index >= 15 is 0 Å². The summed E-state index contributed by atoms with van der Waals surface area (Å²) < 4.78 is 5.55. The molecule has 2 amide bonds. The van der Waals surface area contributed by atoms with Crippen molar-refractivity contribution in [3.05, 3.63) is 78.1 Å². The summed E-state index contributed by atoms with van der Waals surface area (Å²) in [5, 5.41) is 5.92. The maximum absolute atomic E-state index is 13.4. The second-order valence-electron chi connectivity index (χ2n) is 9.89. The molecule has 200 valence electrons. The molecule has 1 aromatic heterocycles. The van der Waals surface area contributed by atoms with Gasteiger partial charge >= 0.3 is 0 Å². The standard InChI is InChI=1S/C29H34ClN5O3/c1-29(2,20-30)28(37)33-22-10-11-24(23(17-22)27(36)32-19-21-7-6-12-31-18-21)34-13-15-35(16-14-34)25-8-4-5-9-26(25)38-3/h4-12,17-18H,13-16,19-20H2,1-3H3,(H,32,36)(H,33,37). The molecule has 2 aromatic carbocycles. The third-order valence-corrected chi connectivity index (χ3v) is 7.34. The van der Waals surface area contributed by atoms with Crippen molar-refractivity contribution in [3.8, 4) is 5.75 Å². The second-order valence-corrected chi connectivity index (χ2v) is 10.2. The van der Waals surface area contributed by atoms with Gasteiger partial charge in [-0.1, -0.05) is 18.2 Å². The molecule has 0 aliphatic carbocycles. The van der Waals surface area contributed by atoms with Crippen molar-refractivity contribution in [2.75, 3.05) is 54.3 Å². The highest BCUT2D eigenvalue weighted by molar-refractivity contribution is 6.20. The van der Waals surface area contributed by atoms with Crippen LogP contribution in [0.3, 0.4) is 0 Å². The number of carbonyl (C=O) groups is 2. The molecular weight excluding hydrogens is 502 g/mol. The Balaban J connectivity index is 1.55. The zero-order chi connectivity index (χ0) is 27.1. The zero-order valence-corrected chi connectivity index (χ0v) is 22.8. The van der Waals surface area contributed by atoms with E-state index in [1.54, 1.807) is 39.4 Å². The summed E-state index contributed by atoms with van der Waals surface area (Å²) in [6.07, 6.45) is 3.42. The number of amides is 2. The van der Waals surface area contributed by atoms with E-state index in [0.29, 0.717) is 17.8 Å². The fourth-order valence-corrected chi connectivity index (χ4v) is 4.41. The maximum Gasteiger partial charge on any atom is 0.253 e. The first-order valence-electron chi connectivity index (χ1n) is 12.6. The first-order valence-corrected chi connectivity index (χ1v) is 13.2. The molecule has 1 fully saturated rings. The Kier molecular flexibility index (Phi) is 8.73. The minimum atomic E-state index is -0.738. The molecule has 1 aliphatic heterocycles. The molecule has 8 nitrogen and oxygen atoms in total. The Morgan fingerprint density at radius 1 is 1.00 bits per heavy atom. The van der Waals surface area contributed by atoms with Gasteiger partial charge in [0.1, 0.15) is 5.75 Å². The molecule has 0 bridgehead atoms. The summed E-state index contributed by atoms with van der Waals surface area (Å²) in [6.45, 7) is 6.93. The number of hydrogen-bond donors (Lipinski definition) is 2. The Labute approximate surface area is 228 Å². The van der Waals surface area contributed by atoms with Crippen LogP contribution < -0.4 is 25.2 Å².